The first-order valence-electron chi connectivity index (χ1n) is 7.55. The van der Waals surface area contributed by atoms with Gasteiger partial charge in [0.25, 0.3) is 5.88 Å². The Morgan fingerprint density at radius 1 is 1.29 bits per heavy atom. The van der Waals surface area contributed by atoms with Crippen molar-refractivity contribution in [2.24, 2.45) is 0 Å². The van der Waals surface area contributed by atoms with E-state index in [1.165, 1.54) is 30.4 Å². The van der Waals surface area contributed by atoms with Crippen molar-refractivity contribution in [3.05, 3.63) is 73.0 Å². The predicted molar refractivity (Wildman–Crippen MR) is 98.2 cm³/mol. The molecule has 0 spiro atoms. The van der Waals surface area contributed by atoms with E-state index in [4.69, 9.17) is 21.1 Å². The molecule has 0 fully saturated rings. The van der Waals surface area contributed by atoms with Crippen LogP contribution >= 0.6 is 11.6 Å². The Hall–Kier alpha value is -3.92. The fourth-order valence-corrected chi connectivity index (χ4v) is 2.52. The molecular formula is C17H10ClN3O7. The van der Waals surface area contributed by atoms with E-state index in [2.05, 4.69) is 9.97 Å². The van der Waals surface area contributed by atoms with E-state index in [1.54, 1.807) is 12.1 Å². The lowest BCUT2D eigenvalue weighted by atomic mass is 10.1. The van der Waals surface area contributed by atoms with E-state index in [0.717, 1.165) is 0 Å². The third-order valence-corrected chi connectivity index (χ3v) is 3.92. The number of rotatable bonds is 5. The monoisotopic (exact) mass is 403 g/mol. The number of hydrogen-bond donors (Lipinski definition) is 3. The van der Waals surface area contributed by atoms with Crippen LogP contribution in [0.1, 0.15) is 21.9 Å². The number of carboxylic acid groups (broad SMARTS) is 1. The summed E-state index contributed by atoms with van der Waals surface area (Å²) in [6.45, 7) is 0. The lowest BCUT2D eigenvalue weighted by molar-refractivity contribution is -0.387. The number of aromatic hydroxyl groups is 1. The second-order valence-electron chi connectivity index (χ2n) is 5.42. The van der Waals surface area contributed by atoms with Crippen LogP contribution in [0.25, 0.3) is 23.5 Å². The Labute approximate surface area is 160 Å². The van der Waals surface area contributed by atoms with E-state index in [-0.39, 0.29) is 11.4 Å². The molecule has 0 radical (unpaired) electrons. The van der Waals surface area contributed by atoms with Crippen LogP contribution in [-0.2, 0) is 0 Å². The number of carbonyl (C=O) groups is 1. The standard InChI is InChI=1S/C17H10ClN3O7/c18-11-4-1-8(17(24)25)7-10(11)12-5-2-9(28-12)3-6-13-19-15(22)14(21(26)27)16(23)20-13/h1-7H,(H,24,25)(H2,19,20,22,23). The SMILES string of the molecule is O=C(O)c1ccc(Cl)c(-c2ccc(C=Cc3nc(O)c([N+](=O)[O-])c(=O)[nH]3)o2)c1. The zero-order chi connectivity index (χ0) is 20.4. The van der Waals surface area contributed by atoms with Crippen LogP contribution in [0.15, 0.2) is 39.5 Å². The number of nitrogens with zero attached hydrogens (tertiary/aromatic N) is 2. The zero-order valence-corrected chi connectivity index (χ0v) is 14.5. The van der Waals surface area contributed by atoms with Gasteiger partial charge in [-0.2, -0.15) is 4.98 Å². The van der Waals surface area contributed by atoms with Crippen molar-refractivity contribution in [2.75, 3.05) is 0 Å². The molecule has 0 aliphatic carbocycles. The van der Waals surface area contributed by atoms with Gasteiger partial charge >= 0.3 is 17.2 Å². The molecule has 0 aliphatic rings. The maximum Gasteiger partial charge on any atom is 0.395 e. The van der Waals surface area contributed by atoms with Crippen molar-refractivity contribution < 1.29 is 24.3 Å². The molecule has 28 heavy (non-hydrogen) atoms. The van der Waals surface area contributed by atoms with Gasteiger partial charge < -0.3 is 19.6 Å². The number of H-pyrrole nitrogens is 1. The van der Waals surface area contributed by atoms with Crippen molar-refractivity contribution in [3.63, 3.8) is 0 Å². The first-order chi connectivity index (χ1) is 13.3. The highest BCUT2D eigenvalue weighted by atomic mass is 35.5. The minimum atomic E-state index is -1.11. The predicted octanol–water partition coefficient (Wildman–Crippen LogP) is 3.17. The number of carboxylic acids is 1. The zero-order valence-electron chi connectivity index (χ0n) is 13.7. The summed E-state index contributed by atoms with van der Waals surface area (Å²) < 4.78 is 5.57. The summed E-state index contributed by atoms with van der Waals surface area (Å²) in [6.07, 6.45) is 2.66. The minimum absolute atomic E-state index is 0.0380. The molecule has 2 aromatic heterocycles. The van der Waals surface area contributed by atoms with Crippen LogP contribution in [0.3, 0.4) is 0 Å². The average molecular weight is 404 g/mol. The molecule has 0 unspecified atom stereocenters. The number of hydrogen-bond acceptors (Lipinski definition) is 7. The molecule has 11 heteroatoms. The number of aromatic amines is 1. The summed E-state index contributed by atoms with van der Waals surface area (Å²) in [7, 11) is 0. The second-order valence-corrected chi connectivity index (χ2v) is 5.82. The Morgan fingerprint density at radius 3 is 2.68 bits per heavy atom. The Bertz CT molecular complexity index is 1180. The fraction of sp³-hybridized carbons (Fsp3) is 0. The van der Waals surface area contributed by atoms with Gasteiger partial charge in [-0.05, 0) is 42.5 Å². The molecule has 0 amide bonds. The van der Waals surface area contributed by atoms with Crippen molar-refractivity contribution in [1.82, 2.24) is 9.97 Å². The third-order valence-electron chi connectivity index (χ3n) is 3.59. The summed E-state index contributed by atoms with van der Waals surface area (Å²) in [5.74, 6) is -1.65. The molecule has 10 nitrogen and oxygen atoms in total. The molecular weight excluding hydrogens is 394 g/mol. The number of benzene rings is 1. The molecule has 0 aliphatic heterocycles. The minimum Gasteiger partial charge on any atom is -0.488 e. The molecule has 3 N–H and O–H groups in total. The van der Waals surface area contributed by atoms with E-state index < -0.39 is 28.0 Å². The quantitative estimate of drug-likeness (QED) is 0.432. The Kier molecular flexibility index (Phi) is 4.96. The van der Waals surface area contributed by atoms with Gasteiger partial charge in [-0.15, -0.1) is 0 Å². The molecule has 2 heterocycles. The summed E-state index contributed by atoms with van der Waals surface area (Å²) in [4.78, 5) is 38.0. The van der Waals surface area contributed by atoms with Gasteiger partial charge in [0, 0.05) is 5.56 Å². The molecule has 142 valence electrons. The maximum atomic E-state index is 11.6. The van der Waals surface area contributed by atoms with Gasteiger partial charge in [-0.1, -0.05) is 11.6 Å². The maximum absolute atomic E-state index is 11.6. The molecule has 1 aromatic carbocycles. The summed E-state index contributed by atoms with van der Waals surface area (Å²) in [5.41, 5.74) is -1.74. The molecule has 0 saturated carbocycles. The van der Waals surface area contributed by atoms with Crippen LogP contribution in [0, 0.1) is 10.1 Å². The molecule has 0 bridgehead atoms. The number of nitrogens with one attached hydrogen (secondary N) is 1. The topological polar surface area (TPSA) is 160 Å². The van der Waals surface area contributed by atoms with E-state index in [0.29, 0.717) is 22.1 Å². The first kappa shape index (κ1) is 18.9. The third kappa shape index (κ3) is 3.76. The van der Waals surface area contributed by atoms with Crippen LogP contribution < -0.4 is 5.56 Å². The van der Waals surface area contributed by atoms with Gasteiger partial charge in [0.15, 0.2) is 0 Å². The fourth-order valence-electron chi connectivity index (χ4n) is 2.31. The highest BCUT2D eigenvalue weighted by Gasteiger charge is 2.21. The number of halogens is 1. The van der Waals surface area contributed by atoms with Crippen LogP contribution in [0.2, 0.25) is 5.02 Å². The number of aromatic nitrogens is 2. The van der Waals surface area contributed by atoms with E-state index in [9.17, 15) is 24.8 Å². The lowest BCUT2D eigenvalue weighted by Gasteiger charge is -2.02. The summed E-state index contributed by atoms with van der Waals surface area (Å²) >= 11 is 6.09. The van der Waals surface area contributed by atoms with Crippen molar-refractivity contribution in [3.8, 4) is 17.2 Å². The van der Waals surface area contributed by atoms with Gasteiger partial charge in [-0.3, -0.25) is 14.9 Å². The van der Waals surface area contributed by atoms with Crippen LogP contribution in [-0.4, -0.2) is 31.1 Å². The lowest BCUT2D eigenvalue weighted by Crippen LogP contribution is -2.14. The second kappa shape index (κ2) is 7.37. The summed E-state index contributed by atoms with van der Waals surface area (Å²) in [5, 5.41) is 29.5. The highest BCUT2D eigenvalue weighted by molar-refractivity contribution is 6.33. The van der Waals surface area contributed by atoms with Gasteiger partial charge in [0.1, 0.15) is 17.3 Å². The van der Waals surface area contributed by atoms with Crippen molar-refractivity contribution >= 4 is 35.4 Å². The van der Waals surface area contributed by atoms with E-state index >= 15 is 0 Å². The Morgan fingerprint density at radius 2 is 2.04 bits per heavy atom. The average Bonchev–Trinajstić information content (AvgIpc) is 3.08. The Balaban J connectivity index is 1.90. The van der Waals surface area contributed by atoms with Gasteiger partial charge in [0.05, 0.1) is 15.5 Å². The molecule has 0 saturated heterocycles. The number of aromatic carboxylic acids is 1. The van der Waals surface area contributed by atoms with Gasteiger partial charge in [0.2, 0.25) is 0 Å². The van der Waals surface area contributed by atoms with Crippen LogP contribution in [0.5, 0.6) is 5.88 Å². The first-order valence-corrected chi connectivity index (χ1v) is 7.93. The number of nitro groups is 1. The molecule has 3 aromatic rings. The normalized spacial score (nSPS) is 11.0. The van der Waals surface area contributed by atoms with Gasteiger partial charge in [-0.25, -0.2) is 4.79 Å². The van der Waals surface area contributed by atoms with Crippen molar-refractivity contribution in [1.29, 1.82) is 0 Å². The smallest absolute Gasteiger partial charge is 0.395 e. The summed E-state index contributed by atoms with van der Waals surface area (Å²) in [6, 6.07) is 7.28. The van der Waals surface area contributed by atoms with Crippen molar-refractivity contribution in [2.45, 2.75) is 0 Å². The molecule has 3 rings (SSSR count). The van der Waals surface area contributed by atoms with E-state index in [1.807, 2.05) is 0 Å². The number of furan rings is 1. The largest absolute Gasteiger partial charge is 0.488 e. The molecule has 0 atom stereocenters. The van der Waals surface area contributed by atoms with Crippen LogP contribution in [0.4, 0.5) is 5.69 Å². The highest BCUT2D eigenvalue weighted by Crippen LogP contribution is 2.31.